The van der Waals surface area contributed by atoms with Crippen LogP contribution in [0.5, 0.6) is 0 Å². The first-order chi connectivity index (χ1) is 12.9. The molecule has 5 nitrogen and oxygen atoms in total. The van der Waals surface area contributed by atoms with Crippen LogP contribution in [0.1, 0.15) is 84.2 Å². The van der Waals surface area contributed by atoms with E-state index in [0.29, 0.717) is 6.04 Å². The molecule has 1 aliphatic heterocycles. The summed E-state index contributed by atoms with van der Waals surface area (Å²) < 4.78 is 5.72. The van der Waals surface area contributed by atoms with Gasteiger partial charge in [0.25, 0.3) is 0 Å². The van der Waals surface area contributed by atoms with Crippen LogP contribution in [-0.4, -0.2) is 40.7 Å². The van der Waals surface area contributed by atoms with Crippen molar-refractivity contribution in [3.63, 3.8) is 0 Å². The zero-order valence-electron chi connectivity index (χ0n) is 17.4. The molecular formula is C22H35N3O2. The van der Waals surface area contributed by atoms with E-state index in [0.717, 1.165) is 38.2 Å². The van der Waals surface area contributed by atoms with Crippen molar-refractivity contribution in [2.45, 2.75) is 90.3 Å². The van der Waals surface area contributed by atoms with E-state index in [-0.39, 0.29) is 12.1 Å². The molecule has 27 heavy (non-hydrogen) atoms. The number of ether oxygens (including phenoxy) is 1. The number of rotatable bonds is 6. The lowest BCUT2D eigenvalue weighted by atomic mass is 9.95. The second kappa shape index (κ2) is 8.59. The first-order valence-corrected chi connectivity index (χ1v) is 10.6. The molecule has 2 fully saturated rings. The van der Waals surface area contributed by atoms with Gasteiger partial charge in [-0.05, 0) is 72.0 Å². The zero-order chi connectivity index (χ0) is 19.4. The molecule has 2 aliphatic rings. The molecule has 0 N–H and O–H groups in total. The molecule has 1 aromatic heterocycles. The molecule has 0 bridgehead atoms. The summed E-state index contributed by atoms with van der Waals surface area (Å²) in [5, 5.41) is 0. The molecular weight excluding hydrogens is 338 g/mol. The van der Waals surface area contributed by atoms with Gasteiger partial charge in [0, 0.05) is 23.8 Å². The van der Waals surface area contributed by atoms with Gasteiger partial charge < -0.3 is 4.74 Å². The Labute approximate surface area is 164 Å². The summed E-state index contributed by atoms with van der Waals surface area (Å²) in [6, 6.07) is 4.74. The standard InChI is InChI=1S/C22H35N3O2/c1-5-6-15-24-16-8-7-11-19(24)18-10-9-14-23-20(18)25(17-12-13-17)21(26)27-22(2,3)4/h9-10,14,17,19H,5-8,11-13,15-16H2,1-4H3/t19-/m0/s1. The highest BCUT2D eigenvalue weighted by Gasteiger charge is 2.39. The van der Waals surface area contributed by atoms with Crippen LogP contribution in [0.4, 0.5) is 10.6 Å². The number of nitrogens with zero attached hydrogens (tertiary/aromatic N) is 3. The number of carbonyl (C=O) groups excluding carboxylic acids is 1. The monoisotopic (exact) mass is 373 g/mol. The van der Waals surface area contributed by atoms with E-state index in [1.807, 2.05) is 31.7 Å². The molecule has 0 aromatic carbocycles. The van der Waals surface area contributed by atoms with Crippen LogP contribution in [0.25, 0.3) is 0 Å². The largest absolute Gasteiger partial charge is 0.443 e. The smallest absolute Gasteiger partial charge is 0.416 e. The van der Waals surface area contributed by atoms with Gasteiger partial charge in [0.1, 0.15) is 11.4 Å². The van der Waals surface area contributed by atoms with Gasteiger partial charge in [0.05, 0.1) is 0 Å². The van der Waals surface area contributed by atoms with Crippen LogP contribution in [0.3, 0.4) is 0 Å². The van der Waals surface area contributed by atoms with Gasteiger partial charge in [-0.2, -0.15) is 0 Å². The summed E-state index contributed by atoms with van der Waals surface area (Å²) >= 11 is 0. The molecule has 1 saturated carbocycles. The van der Waals surface area contributed by atoms with Gasteiger partial charge in [-0.3, -0.25) is 9.80 Å². The Bertz CT molecular complexity index is 637. The van der Waals surface area contributed by atoms with Crippen molar-refractivity contribution in [2.24, 2.45) is 0 Å². The maximum absolute atomic E-state index is 13.0. The normalized spacial score (nSPS) is 21.1. The van der Waals surface area contributed by atoms with Gasteiger partial charge in [-0.25, -0.2) is 9.78 Å². The lowest BCUT2D eigenvalue weighted by molar-refractivity contribution is 0.0575. The minimum absolute atomic E-state index is 0.223. The molecule has 3 rings (SSSR count). The van der Waals surface area contributed by atoms with E-state index in [1.54, 1.807) is 6.20 Å². The second-order valence-electron chi connectivity index (χ2n) is 8.90. The fourth-order valence-corrected chi connectivity index (χ4v) is 3.90. The molecule has 0 spiro atoms. The van der Waals surface area contributed by atoms with E-state index in [4.69, 9.17) is 4.74 Å². The summed E-state index contributed by atoms with van der Waals surface area (Å²) in [6.45, 7) is 10.3. The molecule has 1 aromatic rings. The number of hydrogen-bond donors (Lipinski definition) is 0. The Kier molecular flexibility index (Phi) is 6.40. The fourth-order valence-electron chi connectivity index (χ4n) is 3.90. The summed E-state index contributed by atoms with van der Waals surface area (Å²) in [7, 11) is 0. The predicted octanol–water partition coefficient (Wildman–Crippen LogP) is 5.31. The molecule has 150 valence electrons. The van der Waals surface area contributed by atoms with E-state index in [1.165, 1.54) is 31.2 Å². The van der Waals surface area contributed by atoms with Crippen molar-refractivity contribution in [3.05, 3.63) is 23.9 Å². The lowest BCUT2D eigenvalue weighted by Gasteiger charge is -2.38. The maximum atomic E-state index is 13.0. The number of pyridine rings is 1. The molecule has 1 amide bonds. The molecule has 0 radical (unpaired) electrons. The summed E-state index contributed by atoms with van der Waals surface area (Å²) in [4.78, 5) is 22.1. The lowest BCUT2D eigenvalue weighted by Crippen LogP contribution is -2.41. The fraction of sp³-hybridized carbons (Fsp3) is 0.727. The molecule has 2 heterocycles. The van der Waals surface area contributed by atoms with Crippen molar-refractivity contribution >= 4 is 11.9 Å². The summed E-state index contributed by atoms with van der Waals surface area (Å²) in [5.74, 6) is 0.808. The SMILES string of the molecule is CCCCN1CCCC[C@H]1c1cccnc1N(C(=O)OC(C)(C)C)C1CC1. The van der Waals surface area contributed by atoms with Gasteiger partial charge in [0.2, 0.25) is 0 Å². The van der Waals surface area contributed by atoms with Crippen molar-refractivity contribution in [1.82, 2.24) is 9.88 Å². The van der Waals surface area contributed by atoms with Crippen molar-refractivity contribution in [2.75, 3.05) is 18.0 Å². The maximum Gasteiger partial charge on any atom is 0.416 e. The Hall–Kier alpha value is -1.62. The zero-order valence-corrected chi connectivity index (χ0v) is 17.4. The number of unbranched alkanes of at least 4 members (excludes halogenated alkanes) is 1. The van der Waals surface area contributed by atoms with E-state index in [9.17, 15) is 4.79 Å². The predicted molar refractivity (Wildman–Crippen MR) is 109 cm³/mol. The molecule has 1 saturated heterocycles. The van der Waals surface area contributed by atoms with Crippen LogP contribution >= 0.6 is 0 Å². The Balaban J connectivity index is 1.90. The molecule has 5 heteroatoms. The number of likely N-dealkylation sites (tertiary alicyclic amines) is 1. The highest BCUT2D eigenvalue weighted by Crippen LogP contribution is 2.39. The Morgan fingerprint density at radius 1 is 1.30 bits per heavy atom. The van der Waals surface area contributed by atoms with Crippen molar-refractivity contribution < 1.29 is 9.53 Å². The third-order valence-corrected chi connectivity index (χ3v) is 5.32. The van der Waals surface area contributed by atoms with Gasteiger partial charge >= 0.3 is 6.09 Å². The van der Waals surface area contributed by atoms with Crippen LogP contribution in [0.2, 0.25) is 0 Å². The minimum Gasteiger partial charge on any atom is -0.443 e. The van der Waals surface area contributed by atoms with Crippen LogP contribution in [0.15, 0.2) is 18.3 Å². The second-order valence-corrected chi connectivity index (χ2v) is 8.90. The molecule has 1 aliphatic carbocycles. The van der Waals surface area contributed by atoms with Gasteiger partial charge in [0.15, 0.2) is 0 Å². The third-order valence-electron chi connectivity index (χ3n) is 5.32. The van der Waals surface area contributed by atoms with Crippen LogP contribution in [0, 0.1) is 0 Å². The number of anilines is 1. The highest BCUT2D eigenvalue weighted by atomic mass is 16.6. The number of hydrogen-bond acceptors (Lipinski definition) is 4. The first-order valence-electron chi connectivity index (χ1n) is 10.6. The third kappa shape index (κ3) is 5.22. The van der Waals surface area contributed by atoms with Gasteiger partial charge in [-0.15, -0.1) is 0 Å². The first kappa shape index (κ1) is 20.1. The Morgan fingerprint density at radius 3 is 2.74 bits per heavy atom. The number of piperidine rings is 1. The van der Waals surface area contributed by atoms with Crippen molar-refractivity contribution in [3.8, 4) is 0 Å². The van der Waals surface area contributed by atoms with Crippen LogP contribution < -0.4 is 4.90 Å². The molecule has 0 unspecified atom stereocenters. The Morgan fingerprint density at radius 2 is 2.07 bits per heavy atom. The molecule has 1 atom stereocenters. The van der Waals surface area contributed by atoms with Gasteiger partial charge in [-0.1, -0.05) is 25.8 Å². The summed E-state index contributed by atoms with van der Waals surface area (Å²) in [5.41, 5.74) is 0.683. The van der Waals surface area contributed by atoms with E-state index in [2.05, 4.69) is 22.9 Å². The highest BCUT2D eigenvalue weighted by molar-refractivity contribution is 5.89. The average molecular weight is 374 g/mol. The summed E-state index contributed by atoms with van der Waals surface area (Å²) in [6.07, 6.45) is 9.64. The average Bonchev–Trinajstić information content (AvgIpc) is 3.44. The topological polar surface area (TPSA) is 45.7 Å². The minimum atomic E-state index is -0.503. The quantitative estimate of drug-likeness (QED) is 0.678. The number of amides is 1. The van der Waals surface area contributed by atoms with Crippen LogP contribution in [-0.2, 0) is 4.74 Å². The van der Waals surface area contributed by atoms with E-state index < -0.39 is 5.60 Å². The van der Waals surface area contributed by atoms with Crippen molar-refractivity contribution in [1.29, 1.82) is 0 Å². The number of aromatic nitrogens is 1. The van der Waals surface area contributed by atoms with E-state index >= 15 is 0 Å². The number of carbonyl (C=O) groups is 1.